The van der Waals surface area contributed by atoms with Crippen molar-refractivity contribution in [3.63, 3.8) is 0 Å². The molecule has 2 aromatic heterocycles. The number of fused-ring (bicyclic) bond motifs is 2. The Bertz CT molecular complexity index is 1000. The van der Waals surface area contributed by atoms with Crippen molar-refractivity contribution < 1.29 is 13.2 Å². The van der Waals surface area contributed by atoms with Gasteiger partial charge >= 0.3 is 6.18 Å². The molecule has 0 unspecified atom stereocenters. The van der Waals surface area contributed by atoms with Gasteiger partial charge in [-0.05, 0) is 30.5 Å². The summed E-state index contributed by atoms with van der Waals surface area (Å²) in [6.45, 7) is 3.87. The quantitative estimate of drug-likeness (QED) is 0.624. The predicted molar refractivity (Wildman–Crippen MR) is 108 cm³/mol. The highest BCUT2D eigenvalue weighted by Gasteiger charge is 2.43. The molecule has 0 N–H and O–H groups in total. The van der Waals surface area contributed by atoms with E-state index in [-0.39, 0.29) is 0 Å². The highest BCUT2D eigenvalue weighted by Crippen LogP contribution is 2.40. The number of thiophene rings is 1. The number of alkyl halides is 3. The van der Waals surface area contributed by atoms with E-state index in [1.807, 2.05) is 6.07 Å². The van der Waals surface area contributed by atoms with E-state index in [1.165, 1.54) is 11.9 Å². The van der Waals surface area contributed by atoms with Gasteiger partial charge in [-0.1, -0.05) is 30.3 Å². The maximum Gasteiger partial charge on any atom is 0.393 e. The summed E-state index contributed by atoms with van der Waals surface area (Å²) in [4.78, 5) is 14.3. The molecular formula is C21H21F3N4S. The molecule has 2 fully saturated rings. The topological polar surface area (TPSA) is 32.3 Å². The number of benzene rings is 1. The molecule has 0 aliphatic carbocycles. The number of halogens is 3. The standard InChI is InChI=1S/C21H21F3N4S/c22-21(23,24)9-16-8-17-19(25-13-26-20(17)29-16)28-11-15-6-7-27(12-18(15)28)10-14-4-2-1-3-5-14/h1-5,8,13,15,18H,6-7,9-12H2/t15-,18-/m0/s1. The Morgan fingerprint density at radius 3 is 2.72 bits per heavy atom. The Kier molecular flexibility index (Phi) is 4.70. The second kappa shape index (κ2) is 7.25. The molecule has 3 aromatic rings. The summed E-state index contributed by atoms with van der Waals surface area (Å²) in [5.74, 6) is 1.41. The largest absolute Gasteiger partial charge is 0.393 e. The van der Waals surface area contributed by atoms with E-state index in [9.17, 15) is 13.2 Å². The van der Waals surface area contributed by atoms with Gasteiger partial charge < -0.3 is 4.90 Å². The molecule has 152 valence electrons. The van der Waals surface area contributed by atoms with Gasteiger partial charge in [0.2, 0.25) is 0 Å². The summed E-state index contributed by atoms with van der Waals surface area (Å²) < 4.78 is 38.4. The summed E-state index contributed by atoms with van der Waals surface area (Å²) in [7, 11) is 0. The van der Waals surface area contributed by atoms with E-state index >= 15 is 0 Å². The van der Waals surface area contributed by atoms with Crippen LogP contribution in [0.25, 0.3) is 10.2 Å². The maximum atomic E-state index is 12.8. The molecule has 5 rings (SSSR count). The van der Waals surface area contributed by atoms with Gasteiger partial charge in [-0.3, -0.25) is 4.90 Å². The van der Waals surface area contributed by atoms with E-state index in [4.69, 9.17) is 0 Å². The summed E-state index contributed by atoms with van der Waals surface area (Å²) in [6, 6.07) is 12.4. The lowest BCUT2D eigenvalue weighted by Crippen LogP contribution is -2.64. The fraction of sp³-hybridized carbons (Fsp3) is 0.429. The lowest BCUT2D eigenvalue weighted by Gasteiger charge is -2.54. The molecule has 1 aromatic carbocycles. The van der Waals surface area contributed by atoms with Gasteiger partial charge in [-0.2, -0.15) is 13.2 Å². The summed E-state index contributed by atoms with van der Waals surface area (Å²) in [5, 5.41) is 0.746. The zero-order valence-electron chi connectivity index (χ0n) is 15.8. The van der Waals surface area contributed by atoms with E-state index in [1.54, 1.807) is 6.07 Å². The first kappa shape index (κ1) is 18.8. The molecule has 0 spiro atoms. The first-order chi connectivity index (χ1) is 14.0. The molecule has 2 atom stereocenters. The number of anilines is 1. The van der Waals surface area contributed by atoms with Crippen molar-refractivity contribution in [3.8, 4) is 0 Å². The summed E-state index contributed by atoms with van der Waals surface area (Å²) >= 11 is 1.11. The Hall–Kier alpha value is -2.19. The van der Waals surface area contributed by atoms with Crippen LogP contribution in [-0.2, 0) is 13.0 Å². The first-order valence-corrected chi connectivity index (χ1v) is 10.6. The van der Waals surface area contributed by atoms with Crippen LogP contribution in [0.2, 0.25) is 0 Å². The van der Waals surface area contributed by atoms with E-state index in [0.29, 0.717) is 21.7 Å². The zero-order valence-corrected chi connectivity index (χ0v) is 16.6. The van der Waals surface area contributed by atoms with Crippen LogP contribution in [0.4, 0.5) is 19.0 Å². The van der Waals surface area contributed by atoms with Crippen molar-refractivity contribution in [1.29, 1.82) is 0 Å². The highest BCUT2D eigenvalue weighted by molar-refractivity contribution is 7.18. The molecule has 0 saturated carbocycles. The van der Waals surface area contributed by atoms with Crippen molar-refractivity contribution >= 4 is 27.4 Å². The van der Waals surface area contributed by atoms with Crippen molar-refractivity contribution in [2.24, 2.45) is 5.92 Å². The number of rotatable bonds is 4. The Morgan fingerprint density at radius 1 is 1.10 bits per heavy atom. The van der Waals surface area contributed by atoms with Crippen LogP contribution in [-0.4, -0.2) is 46.7 Å². The minimum Gasteiger partial charge on any atom is -0.351 e. The number of piperidine rings is 1. The van der Waals surface area contributed by atoms with Crippen molar-refractivity contribution in [2.45, 2.75) is 31.6 Å². The van der Waals surface area contributed by atoms with Crippen molar-refractivity contribution in [2.75, 3.05) is 24.5 Å². The van der Waals surface area contributed by atoms with Crippen LogP contribution < -0.4 is 4.90 Å². The zero-order chi connectivity index (χ0) is 20.0. The van der Waals surface area contributed by atoms with Gasteiger partial charge in [-0.15, -0.1) is 11.3 Å². The van der Waals surface area contributed by atoms with Crippen LogP contribution >= 0.6 is 11.3 Å². The summed E-state index contributed by atoms with van der Waals surface area (Å²) in [6.07, 6.45) is -2.50. The lowest BCUT2D eigenvalue weighted by atomic mass is 9.82. The van der Waals surface area contributed by atoms with Crippen molar-refractivity contribution in [1.82, 2.24) is 14.9 Å². The number of aromatic nitrogens is 2. The second-order valence-electron chi connectivity index (χ2n) is 7.91. The Morgan fingerprint density at radius 2 is 1.93 bits per heavy atom. The normalized spacial score (nSPS) is 22.5. The van der Waals surface area contributed by atoms with E-state index in [0.717, 1.165) is 55.1 Å². The molecule has 2 aliphatic rings. The van der Waals surface area contributed by atoms with Gasteiger partial charge in [-0.25, -0.2) is 9.97 Å². The van der Waals surface area contributed by atoms with Gasteiger partial charge in [0.1, 0.15) is 17.0 Å². The summed E-state index contributed by atoms with van der Waals surface area (Å²) in [5.41, 5.74) is 1.30. The van der Waals surface area contributed by atoms with Gasteiger partial charge in [0.15, 0.2) is 0 Å². The first-order valence-electron chi connectivity index (χ1n) is 9.79. The molecule has 2 aliphatic heterocycles. The molecular weight excluding hydrogens is 397 g/mol. The third-order valence-corrected chi connectivity index (χ3v) is 6.94. The number of hydrogen-bond acceptors (Lipinski definition) is 5. The van der Waals surface area contributed by atoms with Gasteiger partial charge in [0, 0.05) is 30.6 Å². The fourth-order valence-electron chi connectivity index (χ4n) is 4.50. The molecule has 4 nitrogen and oxygen atoms in total. The molecule has 4 heterocycles. The number of likely N-dealkylation sites (tertiary alicyclic amines) is 1. The molecule has 0 radical (unpaired) electrons. The van der Waals surface area contributed by atoms with Crippen LogP contribution in [0.1, 0.15) is 16.9 Å². The fourth-order valence-corrected chi connectivity index (χ4v) is 5.52. The minimum atomic E-state index is -4.21. The number of nitrogens with zero attached hydrogens (tertiary/aromatic N) is 4. The SMILES string of the molecule is FC(F)(F)Cc1cc2c(N3C[C@@H]4CCN(Cc5ccccc5)C[C@@H]43)ncnc2s1. The van der Waals surface area contributed by atoms with Crippen LogP contribution in [0.5, 0.6) is 0 Å². The van der Waals surface area contributed by atoms with Crippen LogP contribution in [0, 0.1) is 5.92 Å². The van der Waals surface area contributed by atoms with Crippen molar-refractivity contribution in [3.05, 3.63) is 53.2 Å². The third-order valence-electron chi connectivity index (χ3n) is 5.89. The number of hydrogen-bond donors (Lipinski definition) is 0. The monoisotopic (exact) mass is 418 g/mol. The third kappa shape index (κ3) is 3.83. The highest BCUT2D eigenvalue weighted by atomic mass is 32.1. The Balaban J connectivity index is 1.35. The van der Waals surface area contributed by atoms with E-state index < -0.39 is 12.6 Å². The molecule has 29 heavy (non-hydrogen) atoms. The van der Waals surface area contributed by atoms with Crippen LogP contribution in [0.15, 0.2) is 42.7 Å². The lowest BCUT2D eigenvalue weighted by molar-refractivity contribution is -0.126. The predicted octanol–water partition coefficient (Wildman–Crippen LogP) is 4.51. The van der Waals surface area contributed by atoms with Gasteiger partial charge in [0.25, 0.3) is 0 Å². The molecule has 0 amide bonds. The minimum absolute atomic E-state index is 0.292. The molecule has 0 bridgehead atoms. The average Bonchev–Trinajstić information content (AvgIpc) is 3.06. The average molecular weight is 418 g/mol. The smallest absolute Gasteiger partial charge is 0.351 e. The Labute approximate surface area is 171 Å². The van der Waals surface area contributed by atoms with Gasteiger partial charge in [0.05, 0.1) is 11.8 Å². The molecule has 8 heteroatoms. The van der Waals surface area contributed by atoms with E-state index in [2.05, 4.69) is 44.0 Å². The second-order valence-corrected chi connectivity index (χ2v) is 9.03. The molecule has 2 saturated heterocycles. The maximum absolute atomic E-state index is 12.8. The van der Waals surface area contributed by atoms with Crippen LogP contribution in [0.3, 0.4) is 0 Å².